The highest BCUT2D eigenvalue weighted by molar-refractivity contribution is 7.16. The maximum atomic E-state index is 12.5. The molecule has 8 heteroatoms. The number of halogens is 3. The van der Waals surface area contributed by atoms with Crippen LogP contribution < -0.4 is 4.90 Å². The quantitative estimate of drug-likeness (QED) is 0.929. The van der Waals surface area contributed by atoms with Crippen molar-refractivity contribution in [2.24, 2.45) is 0 Å². The first kappa shape index (κ1) is 13.0. The number of hydrogen-bond acceptors (Lipinski definition) is 5. The fourth-order valence-corrected chi connectivity index (χ4v) is 2.35. The maximum Gasteiger partial charge on any atom is 0.405 e. The lowest BCUT2D eigenvalue weighted by Crippen LogP contribution is -2.36. The highest BCUT2D eigenvalue weighted by Crippen LogP contribution is 2.28. The summed E-state index contributed by atoms with van der Waals surface area (Å²) in [7, 11) is 0. The summed E-state index contributed by atoms with van der Waals surface area (Å²) in [5.74, 6) is 0.202. The van der Waals surface area contributed by atoms with E-state index in [1.165, 1.54) is 17.7 Å². The summed E-state index contributed by atoms with van der Waals surface area (Å²) >= 11 is 1.33. The number of alkyl halides is 3. The molecule has 18 heavy (non-hydrogen) atoms. The van der Waals surface area contributed by atoms with Crippen molar-refractivity contribution >= 4 is 27.4 Å². The van der Waals surface area contributed by atoms with Gasteiger partial charge in [0.25, 0.3) is 0 Å². The van der Waals surface area contributed by atoms with Gasteiger partial charge in [0.05, 0.1) is 12.0 Å². The van der Waals surface area contributed by atoms with Crippen LogP contribution in [0.25, 0.3) is 10.2 Å². The second kappa shape index (κ2) is 5.07. The summed E-state index contributed by atoms with van der Waals surface area (Å²) in [5.41, 5.74) is 0. The Labute approximate surface area is 105 Å². The van der Waals surface area contributed by atoms with Gasteiger partial charge in [0.1, 0.15) is 23.5 Å². The first-order chi connectivity index (χ1) is 8.51. The van der Waals surface area contributed by atoms with Gasteiger partial charge in [0, 0.05) is 6.54 Å². The molecule has 2 aromatic heterocycles. The Morgan fingerprint density at radius 3 is 2.78 bits per heavy atom. The van der Waals surface area contributed by atoms with Gasteiger partial charge in [-0.2, -0.15) is 13.2 Å². The van der Waals surface area contributed by atoms with Gasteiger partial charge in [-0.15, -0.1) is 11.3 Å². The Bertz CT molecular complexity index is 528. The fourth-order valence-electron chi connectivity index (χ4n) is 1.63. The van der Waals surface area contributed by atoms with Gasteiger partial charge in [-0.1, -0.05) is 0 Å². The Morgan fingerprint density at radius 2 is 2.11 bits per heavy atom. The highest BCUT2D eigenvalue weighted by Gasteiger charge is 2.31. The van der Waals surface area contributed by atoms with E-state index in [1.54, 1.807) is 11.4 Å². The zero-order valence-corrected chi connectivity index (χ0v) is 10.0. The Hall–Kier alpha value is -1.41. The number of thiophene rings is 1. The average molecular weight is 277 g/mol. The second-order valence-electron chi connectivity index (χ2n) is 3.60. The summed E-state index contributed by atoms with van der Waals surface area (Å²) < 4.78 is 37.4. The number of hydrogen-bond donors (Lipinski definition) is 1. The molecule has 0 saturated heterocycles. The molecule has 0 atom stereocenters. The zero-order valence-electron chi connectivity index (χ0n) is 9.18. The van der Waals surface area contributed by atoms with Crippen LogP contribution in [-0.2, 0) is 0 Å². The lowest BCUT2D eigenvalue weighted by atomic mass is 10.3. The lowest BCUT2D eigenvalue weighted by Gasteiger charge is -2.24. The minimum Gasteiger partial charge on any atom is -0.395 e. The third-order valence-corrected chi connectivity index (χ3v) is 3.10. The molecule has 0 aliphatic heterocycles. The predicted molar refractivity (Wildman–Crippen MR) is 62.8 cm³/mol. The van der Waals surface area contributed by atoms with Crippen molar-refractivity contribution in [3.05, 3.63) is 17.8 Å². The van der Waals surface area contributed by atoms with Crippen molar-refractivity contribution in [3.63, 3.8) is 0 Å². The summed E-state index contributed by atoms with van der Waals surface area (Å²) in [6, 6.07) is 1.68. The molecule has 0 amide bonds. The summed E-state index contributed by atoms with van der Waals surface area (Å²) in [6.07, 6.45) is -3.11. The standard InChI is InChI=1S/C10H10F3N3OS/c11-10(12,13)5-16(2-3-17)8-7-1-4-18-9(7)15-6-14-8/h1,4,6,17H,2-3,5H2. The van der Waals surface area contributed by atoms with Crippen molar-refractivity contribution in [2.45, 2.75) is 6.18 Å². The molecule has 0 bridgehead atoms. The molecule has 2 aromatic rings. The molecule has 0 aliphatic rings. The number of aliphatic hydroxyl groups excluding tert-OH is 1. The largest absolute Gasteiger partial charge is 0.405 e. The molecule has 0 fully saturated rings. The summed E-state index contributed by atoms with van der Waals surface area (Å²) in [5, 5.41) is 11.2. The van der Waals surface area contributed by atoms with E-state index >= 15 is 0 Å². The monoisotopic (exact) mass is 277 g/mol. The van der Waals surface area contributed by atoms with Crippen LogP contribution in [0.4, 0.5) is 19.0 Å². The van der Waals surface area contributed by atoms with Crippen LogP contribution in [-0.4, -0.2) is 40.9 Å². The minimum absolute atomic E-state index is 0.124. The predicted octanol–water partition coefficient (Wildman–Crippen LogP) is 2.05. The van der Waals surface area contributed by atoms with Crippen molar-refractivity contribution in [3.8, 4) is 0 Å². The van der Waals surface area contributed by atoms with Crippen LogP contribution in [0.5, 0.6) is 0 Å². The van der Waals surface area contributed by atoms with E-state index in [-0.39, 0.29) is 19.0 Å². The van der Waals surface area contributed by atoms with Crippen molar-refractivity contribution in [1.29, 1.82) is 0 Å². The van der Waals surface area contributed by atoms with Gasteiger partial charge < -0.3 is 10.0 Å². The number of fused-ring (bicyclic) bond motifs is 1. The maximum absolute atomic E-state index is 12.5. The minimum atomic E-state index is -4.34. The van der Waals surface area contributed by atoms with Gasteiger partial charge in [-0.3, -0.25) is 0 Å². The fraction of sp³-hybridized carbons (Fsp3) is 0.400. The smallest absolute Gasteiger partial charge is 0.395 e. The lowest BCUT2D eigenvalue weighted by molar-refractivity contribution is -0.119. The third-order valence-electron chi connectivity index (χ3n) is 2.28. The average Bonchev–Trinajstić information content (AvgIpc) is 2.74. The number of nitrogens with zero attached hydrogens (tertiary/aromatic N) is 3. The molecule has 0 spiro atoms. The molecule has 2 rings (SSSR count). The molecule has 0 aliphatic carbocycles. The number of anilines is 1. The Kier molecular flexibility index (Phi) is 3.67. The molecule has 0 unspecified atom stereocenters. The molecular formula is C10H10F3N3OS. The normalized spacial score (nSPS) is 12.0. The number of aromatic nitrogens is 2. The SMILES string of the molecule is OCCN(CC(F)(F)F)c1ncnc2sccc12. The third kappa shape index (κ3) is 2.88. The van der Waals surface area contributed by atoms with Gasteiger partial charge in [0.2, 0.25) is 0 Å². The first-order valence-corrected chi connectivity index (χ1v) is 6.00. The Balaban J connectivity index is 2.38. The van der Waals surface area contributed by atoms with Crippen LogP contribution in [0.2, 0.25) is 0 Å². The molecule has 2 heterocycles. The van der Waals surface area contributed by atoms with Crippen molar-refractivity contribution in [1.82, 2.24) is 9.97 Å². The van der Waals surface area contributed by atoms with E-state index in [9.17, 15) is 13.2 Å². The van der Waals surface area contributed by atoms with Gasteiger partial charge in [0.15, 0.2) is 0 Å². The second-order valence-corrected chi connectivity index (χ2v) is 4.49. The van der Waals surface area contributed by atoms with Crippen molar-refractivity contribution in [2.75, 3.05) is 24.6 Å². The van der Waals surface area contributed by atoms with Crippen LogP contribution in [0.3, 0.4) is 0 Å². The van der Waals surface area contributed by atoms with E-state index in [0.29, 0.717) is 10.2 Å². The molecule has 0 radical (unpaired) electrons. The zero-order chi connectivity index (χ0) is 13.2. The van der Waals surface area contributed by atoms with Crippen LogP contribution in [0.1, 0.15) is 0 Å². The number of rotatable bonds is 4. The van der Waals surface area contributed by atoms with Crippen LogP contribution in [0.15, 0.2) is 17.8 Å². The number of aliphatic hydroxyl groups is 1. The van der Waals surface area contributed by atoms with Crippen LogP contribution in [0, 0.1) is 0 Å². The van der Waals surface area contributed by atoms with Gasteiger partial charge >= 0.3 is 6.18 Å². The van der Waals surface area contributed by atoms with E-state index in [2.05, 4.69) is 9.97 Å². The van der Waals surface area contributed by atoms with E-state index < -0.39 is 12.7 Å². The van der Waals surface area contributed by atoms with E-state index in [0.717, 1.165) is 4.90 Å². The molecule has 1 N–H and O–H groups in total. The summed E-state index contributed by atoms with van der Waals surface area (Å²) in [6.45, 7) is -1.64. The molecule has 0 aromatic carbocycles. The molecule has 4 nitrogen and oxygen atoms in total. The highest BCUT2D eigenvalue weighted by atomic mass is 32.1. The first-order valence-electron chi connectivity index (χ1n) is 5.12. The summed E-state index contributed by atoms with van der Waals surface area (Å²) in [4.78, 5) is 9.51. The van der Waals surface area contributed by atoms with E-state index in [1.807, 2.05) is 0 Å². The molecular weight excluding hydrogens is 267 g/mol. The van der Waals surface area contributed by atoms with E-state index in [4.69, 9.17) is 5.11 Å². The van der Waals surface area contributed by atoms with Gasteiger partial charge in [-0.05, 0) is 11.4 Å². The Morgan fingerprint density at radius 1 is 1.33 bits per heavy atom. The van der Waals surface area contributed by atoms with Crippen molar-refractivity contribution < 1.29 is 18.3 Å². The molecule has 98 valence electrons. The van der Waals surface area contributed by atoms with Crippen LogP contribution >= 0.6 is 11.3 Å². The molecule has 0 saturated carbocycles. The topological polar surface area (TPSA) is 49.2 Å². The van der Waals surface area contributed by atoms with Gasteiger partial charge in [-0.25, -0.2) is 9.97 Å².